The number of hydrogen-bond acceptors (Lipinski definition) is 11. The Morgan fingerprint density at radius 2 is 1.82 bits per heavy atom. The molecule has 13 nitrogen and oxygen atoms in total. The van der Waals surface area contributed by atoms with E-state index in [0.717, 1.165) is 75.2 Å². The number of carbonyl (C=O) groups is 3. The largest absolute Gasteiger partial charge is 0.506 e. The number of aromatic nitrogens is 1. The lowest BCUT2D eigenvalue weighted by Crippen LogP contribution is -2.58. The average Bonchev–Trinajstić information content (AvgIpc) is 3.67. The lowest BCUT2D eigenvalue weighted by molar-refractivity contribution is -0.135. The highest BCUT2D eigenvalue weighted by molar-refractivity contribution is 7.09. The van der Waals surface area contributed by atoms with E-state index < -0.39 is 0 Å². The zero-order chi connectivity index (χ0) is 39.6. The first-order valence-corrected chi connectivity index (χ1v) is 21.6. The van der Waals surface area contributed by atoms with Gasteiger partial charge in [0.15, 0.2) is 12.4 Å². The fraction of sp³-hybridized carbons (Fsp3) is 0.581. The lowest BCUT2D eigenvalue weighted by Gasteiger charge is -2.47. The Labute approximate surface area is 340 Å². The molecule has 3 N–H and O–H groups in total. The van der Waals surface area contributed by atoms with Crippen LogP contribution >= 0.6 is 11.3 Å². The zero-order valence-electron chi connectivity index (χ0n) is 33.3. The van der Waals surface area contributed by atoms with Gasteiger partial charge >= 0.3 is 0 Å². The van der Waals surface area contributed by atoms with Crippen LogP contribution in [0.15, 0.2) is 41.8 Å². The number of fused-ring (bicyclic) bond motifs is 1. The van der Waals surface area contributed by atoms with Crippen LogP contribution in [0, 0.1) is 6.92 Å². The molecule has 14 heteroatoms. The van der Waals surface area contributed by atoms with E-state index in [2.05, 4.69) is 49.7 Å². The summed E-state index contributed by atoms with van der Waals surface area (Å²) in [4.78, 5) is 49.1. The number of phenols is 1. The summed E-state index contributed by atoms with van der Waals surface area (Å²) < 4.78 is 17.9. The molecule has 1 spiro atoms. The molecule has 0 bridgehead atoms. The summed E-state index contributed by atoms with van der Waals surface area (Å²) in [5.74, 6) is 0.408. The van der Waals surface area contributed by atoms with E-state index in [4.69, 9.17) is 14.2 Å². The maximum atomic E-state index is 13.5. The number of ether oxygens (including phenoxy) is 3. The highest BCUT2D eigenvalue weighted by Crippen LogP contribution is 2.39. The summed E-state index contributed by atoms with van der Waals surface area (Å²) in [6, 6.07) is 12.5. The molecule has 3 aromatic rings. The third-order valence-electron chi connectivity index (χ3n) is 11.8. The number of amides is 3. The van der Waals surface area contributed by atoms with Crippen molar-refractivity contribution in [3.05, 3.63) is 69.2 Å². The van der Waals surface area contributed by atoms with Crippen molar-refractivity contribution in [1.29, 1.82) is 0 Å². The van der Waals surface area contributed by atoms with Crippen LogP contribution < -0.4 is 15.4 Å². The minimum atomic E-state index is -0.279. The van der Waals surface area contributed by atoms with Crippen molar-refractivity contribution in [2.24, 2.45) is 0 Å². The van der Waals surface area contributed by atoms with Crippen molar-refractivity contribution >= 4 is 34.7 Å². The minimum Gasteiger partial charge on any atom is -0.506 e. The number of aryl methyl sites for hydroxylation is 1. The number of piperidine rings is 1. The molecule has 2 aromatic carbocycles. The molecule has 3 fully saturated rings. The highest BCUT2D eigenvalue weighted by atomic mass is 32.1. The van der Waals surface area contributed by atoms with E-state index >= 15 is 0 Å². The summed E-state index contributed by atoms with van der Waals surface area (Å²) in [5, 5.41) is 19.1. The smallest absolute Gasteiger partial charge is 0.273 e. The van der Waals surface area contributed by atoms with Gasteiger partial charge in [-0.2, -0.15) is 0 Å². The van der Waals surface area contributed by atoms with Crippen molar-refractivity contribution in [1.82, 2.24) is 25.0 Å². The Hall–Kier alpha value is -4.08. The van der Waals surface area contributed by atoms with Crippen LogP contribution in [0.1, 0.15) is 83.6 Å². The quantitative estimate of drug-likeness (QED) is 0.135. The summed E-state index contributed by atoms with van der Waals surface area (Å²) in [7, 11) is 0. The molecule has 4 aliphatic rings. The Bertz CT molecular complexity index is 1820. The van der Waals surface area contributed by atoms with Gasteiger partial charge in [-0.25, -0.2) is 4.98 Å². The Balaban J connectivity index is 0.792. The number of morpholine rings is 1. The molecule has 1 aliphatic carbocycles. The Kier molecular flexibility index (Phi) is 14.1. The summed E-state index contributed by atoms with van der Waals surface area (Å²) in [5.41, 5.74) is 4.02. The van der Waals surface area contributed by atoms with Gasteiger partial charge in [0, 0.05) is 50.7 Å². The summed E-state index contributed by atoms with van der Waals surface area (Å²) in [6.07, 6.45) is 9.29. The van der Waals surface area contributed by atoms with Gasteiger partial charge in [0.25, 0.3) is 11.8 Å². The van der Waals surface area contributed by atoms with E-state index in [1.165, 1.54) is 28.9 Å². The van der Waals surface area contributed by atoms with Crippen LogP contribution in [-0.4, -0.2) is 126 Å². The molecule has 3 aliphatic heterocycles. The fourth-order valence-electron chi connectivity index (χ4n) is 8.59. The normalized spacial score (nSPS) is 18.5. The second kappa shape index (κ2) is 19.6. The first kappa shape index (κ1) is 41.1. The summed E-state index contributed by atoms with van der Waals surface area (Å²) >= 11 is 1.51. The predicted octanol–water partition coefficient (Wildman–Crippen LogP) is 4.94. The molecule has 3 amide bonds. The maximum Gasteiger partial charge on any atom is 0.273 e. The first-order valence-electron chi connectivity index (χ1n) is 20.8. The van der Waals surface area contributed by atoms with Crippen LogP contribution in [0.25, 0.3) is 0 Å². The molecular weight excluding hydrogens is 745 g/mol. The van der Waals surface area contributed by atoms with Gasteiger partial charge in [-0.05, 0) is 74.8 Å². The molecule has 0 radical (unpaired) electrons. The van der Waals surface area contributed by atoms with Crippen molar-refractivity contribution in [3.63, 3.8) is 0 Å². The van der Waals surface area contributed by atoms with Crippen LogP contribution in [0.4, 0.5) is 5.69 Å². The third-order valence-corrected chi connectivity index (χ3v) is 12.6. The van der Waals surface area contributed by atoms with Gasteiger partial charge in [0.05, 0.1) is 43.4 Å². The van der Waals surface area contributed by atoms with E-state index in [0.29, 0.717) is 82.5 Å². The minimum absolute atomic E-state index is 0.00374. The van der Waals surface area contributed by atoms with Gasteiger partial charge in [-0.1, -0.05) is 49.6 Å². The number of benzene rings is 2. The standard InChI is InChI=1S/C43H58N6O7S/c1-31-45-36(29-57-31)42(53)48-23-26-56-43(30-48)16-20-47(21-17-43)27-33-9-7-32(8-10-33)14-24-54-25-15-39(52)49(35-5-3-2-4-6-35)22-19-44-18-13-34-11-12-37(50)40-41(34)55-28-38(51)46-40/h7-12,29,35,44,50H,2-6,13-28,30H2,1H3,(H,46,51). The van der Waals surface area contributed by atoms with Crippen molar-refractivity contribution in [2.45, 2.75) is 89.3 Å². The number of likely N-dealkylation sites (tertiary alicyclic amines) is 1. The molecule has 1 aromatic heterocycles. The number of nitrogens with one attached hydrogen (secondary N) is 2. The van der Waals surface area contributed by atoms with Crippen LogP contribution in [0.3, 0.4) is 0 Å². The van der Waals surface area contributed by atoms with Gasteiger partial charge in [0.1, 0.15) is 17.1 Å². The average molecular weight is 803 g/mol. The Morgan fingerprint density at radius 1 is 1.04 bits per heavy atom. The monoisotopic (exact) mass is 802 g/mol. The van der Waals surface area contributed by atoms with Crippen LogP contribution in [0.5, 0.6) is 11.5 Å². The van der Waals surface area contributed by atoms with E-state index in [1.807, 2.05) is 23.3 Å². The predicted molar refractivity (Wildman–Crippen MR) is 219 cm³/mol. The number of phenolic OH excluding ortho intramolecular Hbond substituents is 1. The van der Waals surface area contributed by atoms with Crippen molar-refractivity contribution in [2.75, 3.05) is 77.6 Å². The molecule has 57 heavy (non-hydrogen) atoms. The first-order chi connectivity index (χ1) is 27.7. The SMILES string of the molecule is Cc1nc(C(=O)N2CCOC3(CCN(Cc4ccc(CCOCCC(=O)N(CCNCCc5ccc(O)c6c5OCC(=O)N6)C5CCCCC5)cc4)CC3)C2)cs1. The molecule has 2 saturated heterocycles. The van der Waals surface area contributed by atoms with Gasteiger partial charge < -0.3 is 39.8 Å². The summed E-state index contributed by atoms with van der Waals surface area (Å²) in [6.45, 7) is 9.42. The van der Waals surface area contributed by atoms with E-state index in [1.54, 1.807) is 6.07 Å². The number of anilines is 1. The molecule has 0 unspecified atom stereocenters. The maximum absolute atomic E-state index is 13.5. The van der Waals surface area contributed by atoms with Gasteiger partial charge in [0.2, 0.25) is 5.91 Å². The third kappa shape index (κ3) is 10.9. The topological polar surface area (TPSA) is 146 Å². The Morgan fingerprint density at radius 3 is 2.60 bits per heavy atom. The number of rotatable bonds is 16. The van der Waals surface area contributed by atoms with Crippen LogP contribution in [0.2, 0.25) is 0 Å². The number of nitrogens with zero attached hydrogens (tertiary/aromatic N) is 4. The molecule has 0 atom stereocenters. The van der Waals surface area contributed by atoms with E-state index in [-0.39, 0.29) is 41.7 Å². The molecule has 4 heterocycles. The number of carbonyl (C=O) groups excluding carboxylic acids is 3. The number of aromatic hydroxyl groups is 1. The highest BCUT2D eigenvalue weighted by Gasteiger charge is 2.41. The van der Waals surface area contributed by atoms with Gasteiger partial charge in [-0.3, -0.25) is 19.3 Å². The van der Waals surface area contributed by atoms with Crippen molar-refractivity contribution < 1.29 is 33.7 Å². The second-order valence-electron chi connectivity index (χ2n) is 15.9. The number of hydrogen-bond donors (Lipinski definition) is 3. The van der Waals surface area contributed by atoms with Gasteiger partial charge in [-0.15, -0.1) is 11.3 Å². The fourth-order valence-corrected chi connectivity index (χ4v) is 9.18. The molecule has 1 saturated carbocycles. The van der Waals surface area contributed by atoms with Crippen molar-refractivity contribution in [3.8, 4) is 11.5 Å². The lowest BCUT2D eigenvalue weighted by atomic mass is 9.89. The zero-order valence-corrected chi connectivity index (χ0v) is 34.1. The molecular formula is C43H58N6O7S. The molecule has 7 rings (SSSR count). The number of thiazole rings is 1. The second-order valence-corrected chi connectivity index (χ2v) is 16.9. The van der Waals surface area contributed by atoms with E-state index in [9.17, 15) is 19.5 Å². The molecule has 308 valence electrons. The van der Waals surface area contributed by atoms with Crippen LogP contribution in [-0.2, 0) is 38.4 Å².